The Balaban J connectivity index is 1.79. The van der Waals surface area contributed by atoms with Crippen molar-refractivity contribution >= 4 is 16.9 Å². The molecule has 0 aliphatic rings. The molecule has 0 aliphatic carbocycles. The van der Waals surface area contributed by atoms with Gasteiger partial charge in [0.15, 0.2) is 5.65 Å². The highest BCUT2D eigenvalue weighted by Crippen LogP contribution is 2.23. The lowest BCUT2D eigenvalue weighted by Gasteiger charge is -2.18. The molecule has 6 heteroatoms. The minimum absolute atomic E-state index is 0.119. The fourth-order valence-electron chi connectivity index (χ4n) is 2.40. The molecule has 1 N–H and O–H groups in total. The van der Waals surface area contributed by atoms with Crippen molar-refractivity contribution in [1.29, 1.82) is 0 Å². The van der Waals surface area contributed by atoms with E-state index in [9.17, 15) is 0 Å². The van der Waals surface area contributed by atoms with Crippen LogP contribution in [0.4, 0.5) is 5.82 Å². The van der Waals surface area contributed by atoms with Crippen LogP contribution in [0.3, 0.4) is 0 Å². The van der Waals surface area contributed by atoms with Crippen molar-refractivity contribution in [3.8, 4) is 5.75 Å². The summed E-state index contributed by atoms with van der Waals surface area (Å²) < 4.78 is 10.9. The average Bonchev–Trinajstić information content (AvgIpc) is 2.62. The van der Waals surface area contributed by atoms with Gasteiger partial charge in [-0.2, -0.15) is 0 Å². The van der Waals surface area contributed by atoms with Crippen LogP contribution in [0, 0.1) is 0 Å². The van der Waals surface area contributed by atoms with Crippen molar-refractivity contribution in [2.24, 2.45) is 0 Å². The Morgan fingerprint density at radius 3 is 2.83 bits per heavy atom. The zero-order valence-electron chi connectivity index (χ0n) is 13.1. The number of anilines is 1. The zero-order valence-corrected chi connectivity index (χ0v) is 13.1. The molecule has 0 fully saturated rings. The van der Waals surface area contributed by atoms with E-state index in [0.29, 0.717) is 12.2 Å². The second-order valence-corrected chi connectivity index (χ2v) is 4.98. The molecule has 0 saturated heterocycles. The van der Waals surface area contributed by atoms with Gasteiger partial charge in [-0.1, -0.05) is 12.1 Å². The number of fused-ring (bicyclic) bond motifs is 1. The van der Waals surface area contributed by atoms with E-state index < -0.39 is 0 Å². The molecule has 118 valence electrons. The molecule has 3 aromatic rings. The maximum atomic E-state index is 5.59. The fourth-order valence-corrected chi connectivity index (χ4v) is 2.40. The van der Waals surface area contributed by atoms with Crippen LogP contribution in [0.25, 0.3) is 11.0 Å². The number of nitrogens with one attached hydrogen (secondary N) is 1. The molecular formula is C17H18N4O2. The summed E-state index contributed by atoms with van der Waals surface area (Å²) in [5.41, 5.74) is 1.70. The monoisotopic (exact) mass is 310 g/mol. The minimum atomic E-state index is -0.119. The number of nitrogens with zero attached hydrogens (tertiary/aromatic N) is 3. The zero-order chi connectivity index (χ0) is 16.1. The summed E-state index contributed by atoms with van der Waals surface area (Å²) >= 11 is 0. The molecular weight excluding hydrogens is 292 g/mol. The number of aromatic nitrogens is 3. The van der Waals surface area contributed by atoms with Crippen LogP contribution in [0.2, 0.25) is 0 Å². The third-order valence-electron chi connectivity index (χ3n) is 3.61. The van der Waals surface area contributed by atoms with E-state index in [1.54, 1.807) is 20.4 Å². The summed E-state index contributed by atoms with van der Waals surface area (Å²) in [6, 6.07) is 11.6. The molecule has 2 aromatic heterocycles. The standard InChI is InChI=1S/C17H18N4O2/c1-22-13-6-3-5-12(9-13)15(23-2)10-19-17-14-7-4-8-18-16(14)20-11-21-17/h3-9,11,15H,10H2,1-2H3,(H,18,19,20,21). The van der Waals surface area contributed by atoms with E-state index >= 15 is 0 Å². The van der Waals surface area contributed by atoms with Crippen molar-refractivity contribution in [2.75, 3.05) is 26.1 Å². The number of rotatable bonds is 6. The smallest absolute Gasteiger partial charge is 0.164 e. The summed E-state index contributed by atoms with van der Waals surface area (Å²) in [6.07, 6.45) is 3.10. The summed E-state index contributed by atoms with van der Waals surface area (Å²) in [5.74, 6) is 1.55. The highest BCUT2D eigenvalue weighted by atomic mass is 16.5. The van der Waals surface area contributed by atoms with Gasteiger partial charge >= 0.3 is 0 Å². The molecule has 23 heavy (non-hydrogen) atoms. The average molecular weight is 310 g/mol. The van der Waals surface area contributed by atoms with Crippen LogP contribution in [0.5, 0.6) is 5.75 Å². The predicted molar refractivity (Wildman–Crippen MR) is 88.6 cm³/mol. The molecule has 0 radical (unpaired) electrons. The molecule has 1 atom stereocenters. The molecule has 6 nitrogen and oxygen atoms in total. The van der Waals surface area contributed by atoms with Crippen LogP contribution >= 0.6 is 0 Å². The number of benzene rings is 1. The molecule has 3 rings (SSSR count). The summed E-state index contributed by atoms with van der Waals surface area (Å²) in [7, 11) is 3.34. The largest absolute Gasteiger partial charge is 0.497 e. The van der Waals surface area contributed by atoms with E-state index in [1.807, 2.05) is 36.4 Å². The minimum Gasteiger partial charge on any atom is -0.497 e. The van der Waals surface area contributed by atoms with E-state index in [0.717, 1.165) is 22.5 Å². The van der Waals surface area contributed by atoms with E-state index in [2.05, 4.69) is 20.3 Å². The van der Waals surface area contributed by atoms with Crippen LogP contribution in [0.1, 0.15) is 11.7 Å². The molecule has 0 saturated carbocycles. The summed E-state index contributed by atoms with van der Waals surface area (Å²) in [6.45, 7) is 0.574. The van der Waals surface area contributed by atoms with Crippen molar-refractivity contribution in [2.45, 2.75) is 6.10 Å². The maximum absolute atomic E-state index is 5.59. The first-order valence-corrected chi connectivity index (χ1v) is 7.28. The third kappa shape index (κ3) is 3.37. The second kappa shape index (κ2) is 7.02. The first-order chi connectivity index (χ1) is 11.3. The van der Waals surface area contributed by atoms with Gasteiger partial charge in [0.05, 0.1) is 18.6 Å². The quantitative estimate of drug-likeness (QED) is 0.755. The number of pyridine rings is 1. The number of hydrogen-bond donors (Lipinski definition) is 1. The van der Waals surface area contributed by atoms with E-state index in [1.165, 1.54) is 6.33 Å². The fraction of sp³-hybridized carbons (Fsp3) is 0.235. The van der Waals surface area contributed by atoms with Gasteiger partial charge in [-0.25, -0.2) is 15.0 Å². The lowest BCUT2D eigenvalue weighted by atomic mass is 10.1. The van der Waals surface area contributed by atoms with E-state index in [-0.39, 0.29) is 6.10 Å². The predicted octanol–water partition coefficient (Wildman–Crippen LogP) is 2.83. The summed E-state index contributed by atoms with van der Waals surface area (Å²) in [4.78, 5) is 12.7. The molecule has 1 aromatic carbocycles. The van der Waals surface area contributed by atoms with Gasteiger partial charge in [-0.05, 0) is 29.8 Å². The number of methoxy groups -OCH3 is 2. The normalized spacial score (nSPS) is 12.1. The van der Waals surface area contributed by atoms with Crippen molar-refractivity contribution in [3.05, 3.63) is 54.5 Å². The highest BCUT2D eigenvalue weighted by molar-refractivity contribution is 5.85. The van der Waals surface area contributed by atoms with Gasteiger partial charge in [0.1, 0.15) is 17.9 Å². The van der Waals surface area contributed by atoms with Gasteiger partial charge < -0.3 is 14.8 Å². The molecule has 2 heterocycles. The topological polar surface area (TPSA) is 69.2 Å². The van der Waals surface area contributed by atoms with Gasteiger partial charge in [0.25, 0.3) is 0 Å². The first-order valence-electron chi connectivity index (χ1n) is 7.28. The number of ether oxygens (including phenoxy) is 2. The Bertz CT molecular complexity index is 789. The molecule has 0 aliphatic heterocycles. The van der Waals surface area contributed by atoms with Gasteiger partial charge in [-0.15, -0.1) is 0 Å². The number of hydrogen-bond acceptors (Lipinski definition) is 6. The molecule has 0 amide bonds. The highest BCUT2D eigenvalue weighted by Gasteiger charge is 2.12. The molecule has 1 unspecified atom stereocenters. The Morgan fingerprint density at radius 2 is 2.00 bits per heavy atom. The van der Waals surface area contributed by atoms with Gasteiger partial charge in [-0.3, -0.25) is 0 Å². The van der Waals surface area contributed by atoms with Crippen molar-refractivity contribution < 1.29 is 9.47 Å². The van der Waals surface area contributed by atoms with Crippen LogP contribution in [-0.2, 0) is 4.74 Å². The summed E-state index contributed by atoms with van der Waals surface area (Å²) in [5, 5.41) is 4.20. The lowest BCUT2D eigenvalue weighted by molar-refractivity contribution is 0.114. The Labute approximate surface area is 134 Å². The Kier molecular flexibility index (Phi) is 4.63. The second-order valence-electron chi connectivity index (χ2n) is 4.98. The maximum Gasteiger partial charge on any atom is 0.164 e. The van der Waals surface area contributed by atoms with Gasteiger partial charge in [0, 0.05) is 19.9 Å². The Hall–Kier alpha value is -2.73. The van der Waals surface area contributed by atoms with Crippen molar-refractivity contribution in [3.63, 3.8) is 0 Å². The first kappa shape index (κ1) is 15.2. The lowest BCUT2D eigenvalue weighted by Crippen LogP contribution is -2.15. The van der Waals surface area contributed by atoms with Crippen molar-refractivity contribution in [1.82, 2.24) is 15.0 Å². The third-order valence-corrected chi connectivity index (χ3v) is 3.61. The van der Waals surface area contributed by atoms with Crippen LogP contribution in [-0.4, -0.2) is 35.7 Å². The van der Waals surface area contributed by atoms with Crippen LogP contribution < -0.4 is 10.1 Å². The Morgan fingerprint density at radius 1 is 1.09 bits per heavy atom. The molecule has 0 bridgehead atoms. The molecule has 0 spiro atoms. The SMILES string of the molecule is COc1cccc(C(CNc2ncnc3ncccc23)OC)c1. The van der Waals surface area contributed by atoms with Crippen LogP contribution in [0.15, 0.2) is 48.9 Å². The van der Waals surface area contributed by atoms with E-state index in [4.69, 9.17) is 9.47 Å². The van der Waals surface area contributed by atoms with Gasteiger partial charge in [0.2, 0.25) is 0 Å².